The van der Waals surface area contributed by atoms with Crippen molar-refractivity contribution in [1.82, 2.24) is 4.90 Å². The molecule has 0 heterocycles. The quantitative estimate of drug-likeness (QED) is 0.722. The van der Waals surface area contributed by atoms with Crippen LogP contribution in [0.5, 0.6) is 11.5 Å². The van der Waals surface area contributed by atoms with Crippen molar-refractivity contribution in [2.45, 2.75) is 20.4 Å². The van der Waals surface area contributed by atoms with Crippen molar-refractivity contribution in [2.75, 3.05) is 33.4 Å². The average Bonchev–Trinajstić information content (AvgIpc) is 2.38. The highest BCUT2D eigenvalue weighted by Gasteiger charge is 2.06. The first-order chi connectivity index (χ1) is 8.71. The van der Waals surface area contributed by atoms with Gasteiger partial charge in [-0.15, -0.1) is 0 Å². The Balaban J connectivity index is 2.55. The zero-order valence-electron chi connectivity index (χ0n) is 11.5. The van der Waals surface area contributed by atoms with Crippen LogP contribution in [-0.2, 0) is 11.3 Å². The highest BCUT2D eigenvalue weighted by Crippen LogP contribution is 2.26. The number of ether oxygens (including phenoxy) is 2. The number of likely N-dealkylation sites (N-methyl/N-ethyl adjacent to an activating group) is 1. The molecular formula is C14H23NO3. The van der Waals surface area contributed by atoms with Gasteiger partial charge >= 0.3 is 0 Å². The Kier molecular flexibility index (Phi) is 6.54. The topological polar surface area (TPSA) is 41.9 Å². The summed E-state index contributed by atoms with van der Waals surface area (Å²) < 4.78 is 10.4. The number of benzene rings is 1. The predicted molar refractivity (Wildman–Crippen MR) is 72.1 cm³/mol. The molecule has 1 aromatic carbocycles. The smallest absolute Gasteiger partial charge is 0.160 e. The van der Waals surface area contributed by atoms with Gasteiger partial charge in [0.05, 0.1) is 13.7 Å². The van der Waals surface area contributed by atoms with Gasteiger partial charge in [-0.05, 0) is 31.2 Å². The molecule has 0 saturated carbocycles. The van der Waals surface area contributed by atoms with Crippen molar-refractivity contribution in [1.29, 1.82) is 0 Å². The van der Waals surface area contributed by atoms with Gasteiger partial charge in [0.15, 0.2) is 11.5 Å². The van der Waals surface area contributed by atoms with Gasteiger partial charge in [-0.1, -0.05) is 13.0 Å². The lowest BCUT2D eigenvalue weighted by molar-refractivity contribution is 0.113. The second-order valence-corrected chi connectivity index (χ2v) is 4.07. The minimum Gasteiger partial charge on any atom is -0.504 e. The zero-order chi connectivity index (χ0) is 13.4. The van der Waals surface area contributed by atoms with E-state index in [0.717, 1.165) is 38.4 Å². The number of methoxy groups -OCH3 is 1. The fraction of sp³-hybridized carbons (Fsp3) is 0.571. The molecule has 0 aromatic heterocycles. The van der Waals surface area contributed by atoms with Crippen LogP contribution in [0.3, 0.4) is 0 Å². The van der Waals surface area contributed by atoms with Crippen LogP contribution >= 0.6 is 0 Å². The summed E-state index contributed by atoms with van der Waals surface area (Å²) >= 11 is 0. The third kappa shape index (κ3) is 4.55. The van der Waals surface area contributed by atoms with E-state index in [9.17, 15) is 5.11 Å². The van der Waals surface area contributed by atoms with Gasteiger partial charge in [-0.25, -0.2) is 0 Å². The Morgan fingerprint density at radius 2 is 2.06 bits per heavy atom. The molecule has 0 radical (unpaired) electrons. The lowest BCUT2D eigenvalue weighted by Crippen LogP contribution is -2.27. The van der Waals surface area contributed by atoms with Crippen LogP contribution < -0.4 is 4.74 Å². The average molecular weight is 253 g/mol. The number of aromatic hydroxyl groups is 1. The molecule has 0 aliphatic heterocycles. The van der Waals surface area contributed by atoms with Crippen LogP contribution in [0.25, 0.3) is 0 Å². The molecule has 0 saturated heterocycles. The zero-order valence-corrected chi connectivity index (χ0v) is 11.5. The summed E-state index contributed by atoms with van der Waals surface area (Å²) in [4.78, 5) is 2.27. The van der Waals surface area contributed by atoms with Crippen LogP contribution in [0, 0.1) is 0 Å². The van der Waals surface area contributed by atoms with E-state index in [1.165, 1.54) is 0 Å². The Morgan fingerprint density at radius 1 is 1.28 bits per heavy atom. The van der Waals surface area contributed by atoms with Crippen molar-refractivity contribution in [3.63, 3.8) is 0 Å². The molecule has 0 aliphatic carbocycles. The summed E-state index contributed by atoms with van der Waals surface area (Å²) in [6.45, 7) is 8.28. The van der Waals surface area contributed by atoms with Crippen molar-refractivity contribution in [3.8, 4) is 11.5 Å². The van der Waals surface area contributed by atoms with Gasteiger partial charge in [0.2, 0.25) is 0 Å². The maximum Gasteiger partial charge on any atom is 0.160 e. The largest absolute Gasteiger partial charge is 0.504 e. The summed E-state index contributed by atoms with van der Waals surface area (Å²) in [7, 11) is 1.55. The number of rotatable bonds is 8. The predicted octanol–water partition coefficient (Wildman–Crippen LogP) is 2.26. The molecule has 4 nitrogen and oxygen atoms in total. The third-order valence-corrected chi connectivity index (χ3v) is 2.85. The van der Waals surface area contributed by atoms with E-state index in [-0.39, 0.29) is 5.75 Å². The fourth-order valence-corrected chi connectivity index (χ4v) is 1.78. The molecule has 0 spiro atoms. The molecule has 4 heteroatoms. The molecule has 18 heavy (non-hydrogen) atoms. The first-order valence-electron chi connectivity index (χ1n) is 6.37. The molecule has 0 unspecified atom stereocenters. The summed E-state index contributed by atoms with van der Waals surface area (Å²) in [5, 5.41) is 9.72. The summed E-state index contributed by atoms with van der Waals surface area (Å²) in [5.74, 6) is 0.701. The lowest BCUT2D eigenvalue weighted by atomic mass is 10.2. The summed E-state index contributed by atoms with van der Waals surface area (Å²) in [6, 6.07) is 5.52. The summed E-state index contributed by atoms with van der Waals surface area (Å²) in [5.41, 5.74) is 1.08. The van der Waals surface area contributed by atoms with E-state index in [0.29, 0.717) is 5.75 Å². The van der Waals surface area contributed by atoms with Crippen LogP contribution in [0.2, 0.25) is 0 Å². The number of hydrogen-bond donors (Lipinski definition) is 1. The molecule has 0 aliphatic rings. The second-order valence-electron chi connectivity index (χ2n) is 4.07. The lowest BCUT2D eigenvalue weighted by Gasteiger charge is -2.20. The minimum atomic E-state index is 0.191. The highest BCUT2D eigenvalue weighted by molar-refractivity contribution is 5.41. The van der Waals surface area contributed by atoms with Gasteiger partial charge in [0.25, 0.3) is 0 Å². The van der Waals surface area contributed by atoms with Crippen LogP contribution in [0.15, 0.2) is 18.2 Å². The summed E-state index contributed by atoms with van der Waals surface area (Å²) in [6.07, 6.45) is 0. The van der Waals surface area contributed by atoms with E-state index in [2.05, 4.69) is 11.8 Å². The Bertz CT molecular complexity index is 355. The van der Waals surface area contributed by atoms with E-state index < -0.39 is 0 Å². The standard InChI is InChI=1S/C14H23NO3/c1-4-15(8-9-18-5-2)11-12-6-7-14(17-3)13(16)10-12/h6-7,10,16H,4-5,8-9,11H2,1-3H3. The number of phenols is 1. The number of phenolic OH excluding ortho intramolecular Hbond substituents is 1. The highest BCUT2D eigenvalue weighted by atomic mass is 16.5. The molecule has 102 valence electrons. The fourth-order valence-electron chi connectivity index (χ4n) is 1.78. The van der Waals surface area contributed by atoms with E-state index in [1.807, 2.05) is 13.0 Å². The van der Waals surface area contributed by atoms with Crippen molar-refractivity contribution in [2.24, 2.45) is 0 Å². The second kappa shape index (κ2) is 7.95. The molecule has 1 aromatic rings. The van der Waals surface area contributed by atoms with Gasteiger partial charge in [0.1, 0.15) is 0 Å². The first-order valence-corrected chi connectivity index (χ1v) is 6.37. The Morgan fingerprint density at radius 3 is 2.61 bits per heavy atom. The van der Waals surface area contributed by atoms with Gasteiger partial charge in [-0.2, -0.15) is 0 Å². The van der Waals surface area contributed by atoms with Crippen LogP contribution in [0.1, 0.15) is 19.4 Å². The molecule has 1 rings (SSSR count). The normalized spacial score (nSPS) is 10.9. The monoisotopic (exact) mass is 253 g/mol. The first kappa shape index (κ1) is 14.8. The molecule has 0 fully saturated rings. The van der Waals surface area contributed by atoms with Crippen LogP contribution in [0.4, 0.5) is 0 Å². The number of nitrogens with zero attached hydrogens (tertiary/aromatic N) is 1. The van der Waals surface area contributed by atoms with Crippen molar-refractivity contribution in [3.05, 3.63) is 23.8 Å². The van der Waals surface area contributed by atoms with E-state index >= 15 is 0 Å². The Hall–Kier alpha value is -1.26. The maximum atomic E-state index is 9.72. The van der Waals surface area contributed by atoms with Gasteiger partial charge in [-0.3, -0.25) is 4.90 Å². The third-order valence-electron chi connectivity index (χ3n) is 2.85. The maximum absolute atomic E-state index is 9.72. The molecule has 0 amide bonds. The van der Waals surface area contributed by atoms with E-state index in [1.54, 1.807) is 19.2 Å². The van der Waals surface area contributed by atoms with Gasteiger partial charge in [0, 0.05) is 19.7 Å². The van der Waals surface area contributed by atoms with Crippen molar-refractivity contribution >= 4 is 0 Å². The Labute approximate surface area is 109 Å². The van der Waals surface area contributed by atoms with E-state index in [4.69, 9.17) is 9.47 Å². The molecular weight excluding hydrogens is 230 g/mol. The van der Waals surface area contributed by atoms with Gasteiger partial charge < -0.3 is 14.6 Å². The molecule has 0 bridgehead atoms. The SMILES string of the molecule is CCOCCN(CC)Cc1ccc(OC)c(O)c1. The molecule has 0 atom stereocenters. The molecule has 1 N–H and O–H groups in total. The number of hydrogen-bond acceptors (Lipinski definition) is 4. The van der Waals surface area contributed by atoms with Crippen molar-refractivity contribution < 1.29 is 14.6 Å². The van der Waals surface area contributed by atoms with Crippen LogP contribution in [-0.4, -0.2) is 43.4 Å². The minimum absolute atomic E-state index is 0.191.